The number of carbonyl (C=O) groups is 3. The van der Waals surface area contributed by atoms with E-state index in [4.69, 9.17) is 9.47 Å². The Morgan fingerprint density at radius 1 is 1.43 bits per heavy atom. The van der Waals surface area contributed by atoms with Crippen LogP contribution in [-0.4, -0.2) is 49.3 Å². The van der Waals surface area contributed by atoms with Crippen molar-refractivity contribution in [2.24, 2.45) is 11.3 Å². The van der Waals surface area contributed by atoms with Crippen LogP contribution in [0.15, 0.2) is 0 Å². The molecule has 130 valence electrons. The maximum absolute atomic E-state index is 12.8. The summed E-state index contributed by atoms with van der Waals surface area (Å²) in [6, 6.07) is -0.297. The number of ether oxygens (including phenoxy) is 2. The molecule has 2 N–H and O–H groups in total. The van der Waals surface area contributed by atoms with Crippen LogP contribution in [0.4, 0.5) is 0 Å². The molecule has 2 atom stereocenters. The fraction of sp³-hybridized carbons (Fsp3) is 0.812. The Bertz CT molecular complexity index is 457. The van der Waals surface area contributed by atoms with Crippen molar-refractivity contribution in [3.05, 3.63) is 0 Å². The number of carboxylic acid groups (broad SMARTS) is 1. The Morgan fingerprint density at radius 3 is 2.65 bits per heavy atom. The highest BCUT2D eigenvalue weighted by atomic mass is 16.5. The van der Waals surface area contributed by atoms with Crippen LogP contribution in [-0.2, 0) is 23.9 Å². The summed E-state index contributed by atoms with van der Waals surface area (Å²) in [6.45, 7) is 0.562. The van der Waals surface area contributed by atoms with E-state index in [1.54, 1.807) is 0 Å². The van der Waals surface area contributed by atoms with Crippen LogP contribution in [0.3, 0.4) is 0 Å². The van der Waals surface area contributed by atoms with Crippen LogP contribution in [0.25, 0.3) is 0 Å². The third-order valence-corrected chi connectivity index (χ3v) is 4.89. The van der Waals surface area contributed by atoms with Gasteiger partial charge in [0.1, 0.15) is 6.61 Å². The third-order valence-electron chi connectivity index (χ3n) is 4.89. The van der Waals surface area contributed by atoms with Gasteiger partial charge >= 0.3 is 11.9 Å². The van der Waals surface area contributed by atoms with Crippen molar-refractivity contribution < 1.29 is 29.0 Å². The fourth-order valence-electron chi connectivity index (χ4n) is 3.56. The number of amides is 1. The van der Waals surface area contributed by atoms with Gasteiger partial charge in [0.2, 0.25) is 5.91 Å². The molecule has 0 aromatic heterocycles. The van der Waals surface area contributed by atoms with Crippen molar-refractivity contribution in [1.82, 2.24) is 5.32 Å². The number of nitrogens with one attached hydrogen (secondary N) is 1. The van der Waals surface area contributed by atoms with Gasteiger partial charge in [-0.15, -0.1) is 0 Å². The zero-order valence-corrected chi connectivity index (χ0v) is 13.5. The minimum Gasteiger partial charge on any atom is -0.481 e. The molecule has 2 fully saturated rings. The number of hydrogen-bond donors (Lipinski definition) is 2. The highest BCUT2D eigenvalue weighted by Crippen LogP contribution is 2.44. The quantitative estimate of drug-likeness (QED) is 0.647. The molecule has 23 heavy (non-hydrogen) atoms. The van der Waals surface area contributed by atoms with Gasteiger partial charge in [-0.3, -0.25) is 14.4 Å². The lowest BCUT2D eigenvalue weighted by molar-refractivity contribution is -0.145. The van der Waals surface area contributed by atoms with E-state index in [9.17, 15) is 19.5 Å². The van der Waals surface area contributed by atoms with Crippen molar-refractivity contribution >= 4 is 17.8 Å². The molecule has 1 heterocycles. The molecule has 1 aliphatic carbocycles. The molecule has 7 nitrogen and oxygen atoms in total. The Balaban J connectivity index is 2.03. The van der Waals surface area contributed by atoms with Gasteiger partial charge < -0.3 is 19.9 Å². The topological polar surface area (TPSA) is 102 Å². The van der Waals surface area contributed by atoms with E-state index >= 15 is 0 Å². The molecule has 0 bridgehead atoms. The highest BCUT2D eigenvalue weighted by Gasteiger charge is 2.45. The zero-order chi connectivity index (χ0) is 16.9. The first-order valence-electron chi connectivity index (χ1n) is 8.15. The predicted octanol–water partition coefficient (Wildman–Crippen LogP) is 1.11. The molecule has 1 saturated carbocycles. The highest BCUT2D eigenvalue weighted by molar-refractivity contribution is 5.85. The Hall–Kier alpha value is -1.63. The largest absolute Gasteiger partial charge is 0.481 e. The maximum Gasteiger partial charge on any atom is 0.308 e. The van der Waals surface area contributed by atoms with Crippen LogP contribution in [0, 0.1) is 11.3 Å². The maximum atomic E-state index is 12.8. The minimum atomic E-state index is -0.888. The molecule has 0 spiro atoms. The first-order chi connectivity index (χ1) is 11.0. The van der Waals surface area contributed by atoms with Crippen molar-refractivity contribution in [3.8, 4) is 0 Å². The Kier molecular flexibility index (Phi) is 5.98. The second kappa shape index (κ2) is 7.77. The molecule has 1 aliphatic heterocycles. The molecular formula is C16H25NO6. The van der Waals surface area contributed by atoms with E-state index < -0.39 is 17.3 Å². The van der Waals surface area contributed by atoms with Crippen molar-refractivity contribution in [2.45, 2.75) is 51.0 Å². The SMILES string of the molecule is COCC[C@H](CC1(C(=O)N[C@H]2COC(=O)C2)CCCC1)C(=O)O. The molecule has 2 aliphatic rings. The number of carbonyl (C=O) groups excluding carboxylic acids is 2. The van der Waals surface area contributed by atoms with E-state index in [1.807, 2.05) is 0 Å². The van der Waals surface area contributed by atoms with Gasteiger partial charge in [-0.2, -0.15) is 0 Å². The number of hydrogen-bond acceptors (Lipinski definition) is 5. The van der Waals surface area contributed by atoms with Gasteiger partial charge in [0.15, 0.2) is 0 Å². The summed E-state index contributed by atoms with van der Waals surface area (Å²) in [6.07, 6.45) is 4.13. The molecule has 0 radical (unpaired) electrons. The lowest BCUT2D eigenvalue weighted by atomic mass is 9.75. The summed E-state index contributed by atoms with van der Waals surface area (Å²) >= 11 is 0. The summed E-state index contributed by atoms with van der Waals surface area (Å²) < 4.78 is 9.85. The van der Waals surface area contributed by atoms with Gasteiger partial charge in [-0.1, -0.05) is 12.8 Å². The predicted molar refractivity (Wildman–Crippen MR) is 80.6 cm³/mol. The standard InChI is InChI=1S/C16H25NO6/c1-22-7-4-11(14(19)20)9-16(5-2-3-6-16)15(21)17-12-8-13(18)23-10-12/h11-12H,2-10H2,1H3,(H,17,21)(H,19,20)/t11-,12-/m1/s1. The number of rotatable bonds is 8. The van der Waals surface area contributed by atoms with Crippen LogP contribution in [0.2, 0.25) is 0 Å². The summed E-state index contributed by atoms with van der Waals surface area (Å²) in [7, 11) is 1.54. The minimum absolute atomic E-state index is 0.137. The molecule has 0 unspecified atom stereocenters. The smallest absolute Gasteiger partial charge is 0.308 e. The summed E-state index contributed by atoms with van der Waals surface area (Å²) in [5.74, 6) is -1.93. The third kappa shape index (κ3) is 4.43. The van der Waals surface area contributed by atoms with Crippen LogP contribution in [0.1, 0.15) is 44.9 Å². The normalized spacial score (nSPS) is 24.2. The monoisotopic (exact) mass is 327 g/mol. The number of carboxylic acids is 1. The van der Waals surface area contributed by atoms with Crippen LogP contribution in [0.5, 0.6) is 0 Å². The summed E-state index contributed by atoms with van der Waals surface area (Å²) in [5.41, 5.74) is -0.650. The van der Waals surface area contributed by atoms with Gasteiger partial charge in [0, 0.05) is 13.7 Å². The second-order valence-electron chi connectivity index (χ2n) is 6.57. The van der Waals surface area contributed by atoms with Crippen molar-refractivity contribution in [3.63, 3.8) is 0 Å². The van der Waals surface area contributed by atoms with Gasteiger partial charge in [0.25, 0.3) is 0 Å². The van der Waals surface area contributed by atoms with Gasteiger partial charge in [-0.25, -0.2) is 0 Å². The number of esters is 1. The second-order valence-corrected chi connectivity index (χ2v) is 6.57. The summed E-state index contributed by atoms with van der Waals surface area (Å²) in [5, 5.41) is 12.3. The van der Waals surface area contributed by atoms with Crippen LogP contribution < -0.4 is 5.32 Å². The number of methoxy groups -OCH3 is 1. The Labute approximate surface area is 135 Å². The molecule has 7 heteroatoms. The van der Waals surface area contributed by atoms with E-state index in [1.165, 1.54) is 7.11 Å². The molecule has 0 aromatic rings. The van der Waals surface area contributed by atoms with Gasteiger partial charge in [0.05, 0.1) is 23.8 Å². The van der Waals surface area contributed by atoms with E-state index in [0.717, 1.165) is 12.8 Å². The van der Waals surface area contributed by atoms with E-state index in [2.05, 4.69) is 5.32 Å². The molecule has 1 amide bonds. The first-order valence-corrected chi connectivity index (χ1v) is 8.15. The van der Waals surface area contributed by atoms with E-state index in [-0.39, 0.29) is 30.9 Å². The molecule has 2 rings (SSSR count). The number of cyclic esters (lactones) is 1. The molecule has 1 saturated heterocycles. The number of aliphatic carboxylic acids is 1. The van der Waals surface area contributed by atoms with Crippen molar-refractivity contribution in [2.75, 3.05) is 20.3 Å². The molecule has 0 aromatic carbocycles. The first kappa shape index (κ1) is 17.7. The molecular weight excluding hydrogens is 302 g/mol. The Morgan fingerprint density at radius 2 is 2.13 bits per heavy atom. The average molecular weight is 327 g/mol. The average Bonchev–Trinajstić information content (AvgIpc) is 3.13. The lowest BCUT2D eigenvalue weighted by Gasteiger charge is -2.31. The fourth-order valence-corrected chi connectivity index (χ4v) is 3.56. The lowest BCUT2D eigenvalue weighted by Crippen LogP contribution is -2.46. The van der Waals surface area contributed by atoms with E-state index in [0.29, 0.717) is 32.3 Å². The van der Waals surface area contributed by atoms with Crippen LogP contribution >= 0.6 is 0 Å². The van der Waals surface area contributed by atoms with Gasteiger partial charge in [-0.05, 0) is 25.7 Å². The summed E-state index contributed by atoms with van der Waals surface area (Å²) in [4.78, 5) is 35.4. The van der Waals surface area contributed by atoms with Crippen molar-refractivity contribution in [1.29, 1.82) is 0 Å². The zero-order valence-electron chi connectivity index (χ0n) is 13.5.